The Bertz CT molecular complexity index is 714. The van der Waals surface area contributed by atoms with Crippen LogP contribution in [0.4, 0.5) is 10.1 Å². The van der Waals surface area contributed by atoms with Gasteiger partial charge in [-0.15, -0.1) is 0 Å². The Hall–Kier alpha value is -2.76. The largest absolute Gasteiger partial charge is 0.337 e. The van der Waals surface area contributed by atoms with Gasteiger partial charge in [-0.05, 0) is 30.7 Å². The molecular weight excluding hydrogens is 287 g/mol. The van der Waals surface area contributed by atoms with Crippen molar-refractivity contribution in [3.05, 3.63) is 75.1 Å². The van der Waals surface area contributed by atoms with Gasteiger partial charge in [0.05, 0.1) is 4.92 Å². The third-order valence-electron chi connectivity index (χ3n) is 3.41. The number of nitro groups is 1. The maximum absolute atomic E-state index is 12.9. The Morgan fingerprint density at radius 2 is 1.86 bits per heavy atom. The first kappa shape index (κ1) is 15.6. The summed E-state index contributed by atoms with van der Waals surface area (Å²) in [5, 5.41) is 10.9. The molecule has 0 saturated carbocycles. The van der Waals surface area contributed by atoms with E-state index in [0.29, 0.717) is 17.7 Å². The van der Waals surface area contributed by atoms with E-state index >= 15 is 0 Å². The first-order chi connectivity index (χ1) is 10.4. The van der Waals surface area contributed by atoms with Gasteiger partial charge in [0, 0.05) is 30.8 Å². The third-order valence-corrected chi connectivity index (χ3v) is 3.41. The van der Waals surface area contributed by atoms with Crippen LogP contribution in [-0.2, 0) is 6.54 Å². The topological polar surface area (TPSA) is 63.5 Å². The van der Waals surface area contributed by atoms with Crippen LogP contribution in [0, 0.1) is 22.9 Å². The number of halogens is 1. The Labute approximate surface area is 127 Å². The highest BCUT2D eigenvalue weighted by Gasteiger charge is 2.20. The molecule has 2 aromatic carbocycles. The minimum absolute atomic E-state index is 0.0824. The van der Waals surface area contributed by atoms with E-state index in [2.05, 4.69) is 0 Å². The van der Waals surface area contributed by atoms with Crippen molar-refractivity contribution < 1.29 is 14.1 Å². The van der Waals surface area contributed by atoms with E-state index in [1.54, 1.807) is 32.2 Å². The number of amides is 1. The Morgan fingerprint density at radius 3 is 2.45 bits per heavy atom. The first-order valence-electron chi connectivity index (χ1n) is 6.64. The first-order valence-corrected chi connectivity index (χ1v) is 6.64. The van der Waals surface area contributed by atoms with Crippen LogP contribution in [0.3, 0.4) is 0 Å². The van der Waals surface area contributed by atoms with Crippen molar-refractivity contribution in [2.24, 2.45) is 0 Å². The summed E-state index contributed by atoms with van der Waals surface area (Å²) in [6.45, 7) is 1.85. The van der Waals surface area contributed by atoms with Crippen molar-refractivity contribution in [1.29, 1.82) is 0 Å². The fourth-order valence-electron chi connectivity index (χ4n) is 2.19. The van der Waals surface area contributed by atoms with E-state index in [1.807, 2.05) is 0 Å². The number of hydrogen-bond acceptors (Lipinski definition) is 3. The smallest absolute Gasteiger partial charge is 0.273 e. The molecule has 114 valence electrons. The quantitative estimate of drug-likeness (QED) is 0.643. The highest BCUT2D eigenvalue weighted by molar-refractivity contribution is 5.96. The van der Waals surface area contributed by atoms with Gasteiger partial charge in [0.15, 0.2) is 0 Å². The van der Waals surface area contributed by atoms with Crippen LogP contribution in [0.1, 0.15) is 21.5 Å². The predicted molar refractivity (Wildman–Crippen MR) is 80.0 cm³/mol. The number of benzene rings is 2. The van der Waals surface area contributed by atoms with Crippen molar-refractivity contribution in [1.82, 2.24) is 4.90 Å². The lowest BCUT2D eigenvalue weighted by atomic mass is 10.1. The van der Waals surface area contributed by atoms with Gasteiger partial charge in [-0.25, -0.2) is 4.39 Å². The summed E-state index contributed by atoms with van der Waals surface area (Å²) in [6, 6.07) is 10.3. The van der Waals surface area contributed by atoms with Gasteiger partial charge >= 0.3 is 0 Å². The molecule has 5 nitrogen and oxygen atoms in total. The average molecular weight is 302 g/mol. The van der Waals surface area contributed by atoms with E-state index in [1.165, 1.54) is 29.2 Å². The summed E-state index contributed by atoms with van der Waals surface area (Å²) >= 11 is 0. The van der Waals surface area contributed by atoms with Crippen molar-refractivity contribution in [2.75, 3.05) is 7.05 Å². The van der Waals surface area contributed by atoms with Gasteiger partial charge in [-0.3, -0.25) is 14.9 Å². The summed E-state index contributed by atoms with van der Waals surface area (Å²) in [5.41, 5.74) is 1.32. The molecule has 6 heteroatoms. The predicted octanol–water partition coefficient (Wildman–Crippen LogP) is 3.31. The van der Waals surface area contributed by atoms with Crippen molar-refractivity contribution in [2.45, 2.75) is 13.5 Å². The molecule has 0 unspecified atom stereocenters. The summed E-state index contributed by atoms with van der Waals surface area (Å²) in [6.07, 6.45) is 0. The van der Waals surface area contributed by atoms with Crippen molar-refractivity contribution in [3.8, 4) is 0 Å². The molecule has 0 heterocycles. The van der Waals surface area contributed by atoms with E-state index in [-0.39, 0.29) is 17.4 Å². The minimum atomic E-state index is -0.508. The monoisotopic (exact) mass is 302 g/mol. The summed E-state index contributed by atoms with van der Waals surface area (Å²) in [4.78, 5) is 24.3. The average Bonchev–Trinajstić information content (AvgIpc) is 2.48. The van der Waals surface area contributed by atoms with Gasteiger partial charge < -0.3 is 4.90 Å². The Balaban J connectivity index is 2.22. The number of nitrogens with zero attached hydrogens (tertiary/aromatic N) is 2. The lowest BCUT2D eigenvalue weighted by molar-refractivity contribution is -0.385. The molecule has 0 aliphatic heterocycles. The molecule has 0 fully saturated rings. The molecule has 0 atom stereocenters. The molecule has 0 aromatic heterocycles. The molecular formula is C16H15FN2O3. The summed E-state index contributed by atoms with van der Waals surface area (Å²) < 4.78 is 12.9. The van der Waals surface area contributed by atoms with E-state index in [9.17, 15) is 19.3 Å². The lowest BCUT2D eigenvalue weighted by Crippen LogP contribution is -2.27. The van der Waals surface area contributed by atoms with Gasteiger partial charge in [-0.1, -0.05) is 18.2 Å². The number of hydrogen-bond donors (Lipinski definition) is 0. The fraction of sp³-hybridized carbons (Fsp3) is 0.188. The van der Waals surface area contributed by atoms with Crippen LogP contribution in [0.2, 0.25) is 0 Å². The number of carbonyl (C=O) groups is 1. The molecule has 0 aliphatic carbocycles. The van der Waals surface area contributed by atoms with E-state index < -0.39 is 4.92 Å². The molecule has 22 heavy (non-hydrogen) atoms. The Morgan fingerprint density at radius 1 is 1.23 bits per heavy atom. The van der Waals surface area contributed by atoms with E-state index in [4.69, 9.17) is 0 Å². The van der Waals surface area contributed by atoms with E-state index in [0.717, 1.165) is 5.56 Å². The maximum atomic E-state index is 12.9. The zero-order chi connectivity index (χ0) is 16.3. The van der Waals surface area contributed by atoms with Gasteiger partial charge in [0.1, 0.15) is 5.82 Å². The number of carbonyl (C=O) groups excluding carboxylic acids is 1. The minimum Gasteiger partial charge on any atom is -0.337 e. The lowest BCUT2D eigenvalue weighted by Gasteiger charge is -2.18. The second-order valence-corrected chi connectivity index (χ2v) is 4.99. The number of nitro benzene ring substituents is 1. The van der Waals surface area contributed by atoms with Crippen LogP contribution in [0.5, 0.6) is 0 Å². The molecule has 0 aliphatic rings. The van der Waals surface area contributed by atoms with Crippen LogP contribution < -0.4 is 0 Å². The van der Waals surface area contributed by atoms with Gasteiger partial charge in [0.25, 0.3) is 11.6 Å². The highest BCUT2D eigenvalue weighted by atomic mass is 19.1. The molecule has 2 aromatic rings. The zero-order valence-electron chi connectivity index (χ0n) is 12.2. The van der Waals surface area contributed by atoms with Crippen LogP contribution in [0.25, 0.3) is 0 Å². The normalized spacial score (nSPS) is 10.3. The Kier molecular flexibility index (Phi) is 4.50. The van der Waals surface area contributed by atoms with Crippen LogP contribution >= 0.6 is 0 Å². The van der Waals surface area contributed by atoms with Gasteiger partial charge in [0.2, 0.25) is 0 Å². The van der Waals surface area contributed by atoms with Crippen molar-refractivity contribution >= 4 is 11.6 Å². The molecule has 0 spiro atoms. The summed E-state index contributed by atoms with van der Waals surface area (Å²) in [5.74, 6) is -0.655. The third kappa shape index (κ3) is 3.28. The second-order valence-electron chi connectivity index (χ2n) is 4.99. The zero-order valence-corrected chi connectivity index (χ0v) is 12.2. The van der Waals surface area contributed by atoms with Crippen LogP contribution in [-0.4, -0.2) is 22.8 Å². The van der Waals surface area contributed by atoms with Crippen molar-refractivity contribution in [3.63, 3.8) is 0 Å². The fourth-order valence-corrected chi connectivity index (χ4v) is 2.19. The van der Waals surface area contributed by atoms with Crippen LogP contribution in [0.15, 0.2) is 42.5 Å². The maximum Gasteiger partial charge on any atom is 0.273 e. The van der Waals surface area contributed by atoms with Gasteiger partial charge in [-0.2, -0.15) is 0 Å². The molecule has 0 radical (unpaired) electrons. The second kappa shape index (κ2) is 6.34. The summed E-state index contributed by atoms with van der Waals surface area (Å²) in [7, 11) is 1.60. The molecule has 0 N–H and O–H groups in total. The highest BCUT2D eigenvalue weighted by Crippen LogP contribution is 2.22. The molecule has 2 rings (SSSR count). The molecule has 0 bridgehead atoms. The number of rotatable bonds is 4. The molecule has 0 saturated heterocycles. The SMILES string of the molecule is Cc1c(C(=O)N(C)Cc2ccc(F)cc2)cccc1[N+](=O)[O-]. The molecule has 1 amide bonds. The standard InChI is InChI=1S/C16H15FN2O3/c1-11-14(4-3-5-15(11)19(21)22)16(20)18(2)10-12-6-8-13(17)9-7-12/h3-9H,10H2,1-2H3.